The van der Waals surface area contributed by atoms with Crippen LogP contribution in [0.3, 0.4) is 0 Å². The second-order valence-electron chi connectivity index (χ2n) is 6.87. The molecule has 1 aliphatic rings. The number of fused-ring (bicyclic) bond motifs is 1. The zero-order valence-electron chi connectivity index (χ0n) is 17.8. The van der Waals surface area contributed by atoms with Crippen LogP contribution >= 0.6 is 0 Å². The summed E-state index contributed by atoms with van der Waals surface area (Å²) in [6.45, 7) is 1.98. The molecule has 0 aliphatic heterocycles. The topological polar surface area (TPSA) is 80.3 Å². The molecule has 3 rings (SSSR count). The van der Waals surface area contributed by atoms with Gasteiger partial charge in [-0.15, -0.1) is 0 Å². The van der Waals surface area contributed by atoms with E-state index in [2.05, 4.69) is 0 Å². The van der Waals surface area contributed by atoms with Crippen LogP contribution in [0.2, 0.25) is 0 Å². The fourth-order valence-electron chi connectivity index (χ4n) is 3.96. The molecule has 0 aromatic heterocycles. The molecule has 0 N–H and O–H groups in total. The molecule has 7 heteroatoms. The molecule has 2 aromatic rings. The normalized spacial score (nSPS) is 17.7. The second kappa shape index (κ2) is 9.07. The summed E-state index contributed by atoms with van der Waals surface area (Å²) in [7, 11) is 6.16. The Kier molecular flexibility index (Phi) is 6.50. The van der Waals surface area contributed by atoms with Gasteiger partial charge in [-0.05, 0) is 42.3 Å². The van der Waals surface area contributed by atoms with Crippen molar-refractivity contribution in [2.75, 3.05) is 35.0 Å². The summed E-state index contributed by atoms with van der Waals surface area (Å²) in [5.74, 6) is 0.429. The Balaban J connectivity index is 2.23. The van der Waals surface area contributed by atoms with Gasteiger partial charge in [0.1, 0.15) is 0 Å². The molecule has 0 fully saturated rings. The molecule has 0 spiro atoms. The van der Waals surface area contributed by atoms with Crippen molar-refractivity contribution in [1.82, 2.24) is 0 Å². The van der Waals surface area contributed by atoms with Crippen LogP contribution in [0.4, 0.5) is 0 Å². The lowest BCUT2D eigenvalue weighted by Gasteiger charge is -2.32. The van der Waals surface area contributed by atoms with Crippen LogP contribution in [-0.4, -0.2) is 46.8 Å². The van der Waals surface area contributed by atoms with Crippen LogP contribution in [0.25, 0.3) is 0 Å². The Hall–Kier alpha value is -3.22. The predicted octanol–water partition coefficient (Wildman–Crippen LogP) is 3.62. The smallest absolute Gasteiger partial charge is 0.310 e. The van der Waals surface area contributed by atoms with E-state index in [9.17, 15) is 9.59 Å². The van der Waals surface area contributed by atoms with E-state index in [0.717, 1.165) is 5.56 Å². The summed E-state index contributed by atoms with van der Waals surface area (Å²) in [4.78, 5) is 25.7. The van der Waals surface area contributed by atoms with Crippen molar-refractivity contribution in [1.29, 1.82) is 0 Å². The first kappa shape index (κ1) is 21.5. The molecule has 0 amide bonds. The van der Waals surface area contributed by atoms with Gasteiger partial charge in [0.2, 0.25) is 0 Å². The fourth-order valence-corrected chi connectivity index (χ4v) is 3.96. The third kappa shape index (κ3) is 3.79. The van der Waals surface area contributed by atoms with E-state index in [4.69, 9.17) is 23.7 Å². The zero-order valence-corrected chi connectivity index (χ0v) is 17.8. The number of benzene rings is 2. The summed E-state index contributed by atoms with van der Waals surface area (Å²) in [6.07, 6.45) is 0.0420. The minimum absolute atomic E-state index is 0.0420. The first-order valence-electron chi connectivity index (χ1n) is 9.66. The number of hydrogen-bond acceptors (Lipinski definition) is 7. The summed E-state index contributed by atoms with van der Waals surface area (Å²) in [6, 6.07) is 8.91. The van der Waals surface area contributed by atoms with E-state index >= 15 is 0 Å². The second-order valence-corrected chi connectivity index (χ2v) is 6.87. The third-order valence-corrected chi connectivity index (χ3v) is 5.35. The van der Waals surface area contributed by atoms with Crippen molar-refractivity contribution in [2.24, 2.45) is 5.92 Å². The molecule has 2 atom stereocenters. The molecule has 0 heterocycles. The largest absolute Gasteiger partial charge is 0.493 e. The number of Topliss-reactive ketones (excluding diaryl/α,β-unsaturated/α-hetero) is 1. The van der Waals surface area contributed by atoms with E-state index in [1.54, 1.807) is 39.3 Å². The molecule has 0 radical (unpaired) electrons. The van der Waals surface area contributed by atoms with Gasteiger partial charge in [-0.3, -0.25) is 9.59 Å². The first-order chi connectivity index (χ1) is 14.5. The quantitative estimate of drug-likeness (QED) is 0.640. The van der Waals surface area contributed by atoms with Gasteiger partial charge in [0.05, 0.1) is 41.0 Å². The number of hydrogen-bond donors (Lipinski definition) is 0. The van der Waals surface area contributed by atoms with E-state index in [1.165, 1.54) is 14.2 Å². The Labute approximate surface area is 175 Å². The minimum Gasteiger partial charge on any atom is -0.493 e. The molecule has 0 saturated heterocycles. The number of carbonyl (C=O) groups excluding carboxylic acids is 2. The number of carbonyl (C=O) groups is 2. The van der Waals surface area contributed by atoms with Gasteiger partial charge in [-0.1, -0.05) is 6.07 Å². The molecule has 2 aromatic carbocycles. The van der Waals surface area contributed by atoms with Crippen LogP contribution in [0.15, 0.2) is 30.3 Å². The molecular formula is C23H26O7. The molecule has 0 unspecified atom stereocenters. The Morgan fingerprint density at radius 2 is 1.50 bits per heavy atom. The van der Waals surface area contributed by atoms with Crippen molar-refractivity contribution in [3.05, 3.63) is 47.0 Å². The van der Waals surface area contributed by atoms with Gasteiger partial charge in [-0.25, -0.2) is 0 Å². The molecule has 30 heavy (non-hydrogen) atoms. The van der Waals surface area contributed by atoms with Crippen molar-refractivity contribution in [2.45, 2.75) is 19.3 Å². The number of esters is 1. The lowest BCUT2D eigenvalue weighted by atomic mass is 9.71. The number of rotatable bonds is 7. The average Bonchev–Trinajstić information content (AvgIpc) is 2.77. The molecule has 160 valence electrons. The highest BCUT2D eigenvalue weighted by Gasteiger charge is 2.41. The van der Waals surface area contributed by atoms with Crippen molar-refractivity contribution >= 4 is 11.8 Å². The van der Waals surface area contributed by atoms with Crippen LogP contribution in [-0.2, 0) is 9.53 Å². The van der Waals surface area contributed by atoms with E-state index in [-0.39, 0.29) is 18.8 Å². The molecular weight excluding hydrogens is 388 g/mol. The predicted molar refractivity (Wildman–Crippen MR) is 110 cm³/mol. The van der Waals surface area contributed by atoms with Crippen LogP contribution in [0.5, 0.6) is 23.0 Å². The Bertz CT molecular complexity index is 951. The van der Waals surface area contributed by atoms with Crippen molar-refractivity contribution in [3.63, 3.8) is 0 Å². The molecule has 0 saturated carbocycles. The maximum Gasteiger partial charge on any atom is 0.310 e. The number of ether oxygens (including phenoxy) is 5. The van der Waals surface area contributed by atoms with Gasteiger partial charge in [0.15, 0.2) is 28.8 Å². The standard InChI is InChI=1S/C23H26O7/c1-6-30-23(25)16-10-17(24)14-11-20(28-4)21(29-5)12-15(14)22(16)13-7-8-18(26-2)19(9-13)27-3/h7-9,11-12,16,22H,6,10H2,1-5H3/t16-,22-/m0/s1. The summed E-state index contributed by atoms with van der Waals surface area (Å²) in [5.41, 5.74) is 2.01. The minimum atomic E-state index is -0.666. The summed E-state index contributed by atoms with van der Waals surface area (Å²) in [5, 5.41) is 0. The summed E-state index contributed by atoms with van der Waals surface area (Å²) < 4.78 is 26.9. The molecule has 7 nitrogen and oxygen atoms in total. The highest BCUT2D eigenvalue weighted by atomic mass is 16.5. The van der Waals surface area contributed by atoms with Gasteiger partial charge in [0, 0.05) is 17.9 Å². The van der Waals surface area contributed by atoms with Crippen molar-refractivity contribution in [3.8, 4) is 23.0 Å². The highest BCUT2D eigenvalue weighted by Crippen LogP contribution is 2.46. The Morgan fingerprint density at radius 3 is 2.10 bits per heavy atom. The third-order valence-electron chi connectivity index (χ3n) is 5.35. The van der Waals surface area contributed by atoms with E-state index in [0.29, 0.717) is 34.1 Å². The van der Waals surface area contributed by atoms with Gasteiger partial charge in [-0.2, -0.15) is 0 Å². The molecule has 1 aliphatic carbocycles. The SMILES string of the molecule is CCOC(=O)[C@H]1CC(=O)c2cc(OC)c(OC)cc2[C@@H]1c1ccc(OC)c(OC)c1. The van der Waals surface area contributed by atoms with Crippen LogP contribution < -0.4 is 18.9 Å². The van der Waals surface area contributed by atoms with Gasteiger partial charge in [0.25, 0.3) is 0 Å². The van der Waals surface area contributed by atoms with Crippen LogP contribution in [0, 0.1) is 5.92 Å². The lowest BCUT2D eigenvalue weighted by molar-refractivity contribution is -0.148. The monoisotopic (exact) mass is 414 g/mol. The van der Waals surface area contributed by atoms with Gasteiger partial charge < -0.3 is 23.7 Å². The highest BCUT2D eigenvalue weighted by molar-refractivity contribution is 6.02. The van der Waals surface area contributed by atoms with E-state index in [1.807, 2.05) is 12.1 Å². The number of ketones is 1. The fraction of sp³-hybridized carbons (Fsp3) is 0.391. The summed E-state index contributed by atoms with van der Waals surface area (Å²) >= 11 is 0. The number of methoxy groups -OCH3 is 4. The van der Waals surface area contributed by atoms with Gasteiger partial charge >= 0.3 is 5.97 Å². The van der Waals surface area contributed by atoms with Crippen LogP contribution in [0.1, 0.15) is 40.7 Å². The Morgan fingerprint density at radius 1 is 0.900 bits per heavy atom. The lowest BCUT2D eigenvalue weighted by Crippen LogP contribution is -2.33. The average molecular weight is 414 g/mol. The maximum absolute atomic E-state index is 12.9. The first-order valence-corrected chi connectivity index (χ1v) is 9.66. The van der Waals surface area contributed by atoms with Crippen molar-refractivity contribution < 1.29 is 33.3 Å². The zero-order chi connectivity index (χ0) is 21.8. The maximum atomic E-state index is 12.9. The van der Waals surface area contributed by atoms with E-state index < -0.39 is 17.8 Å². The molecule has 0 bridgehead atoms.